The molecule has 0 aromatic heterocycles. The Morgan fingerprint density at radius 1 is 1.00 bits per heavy atom. The van der Waals surface area contributed by atoms with Crippen molar-refractivity contribution in [3.63, 3.8) is 0 Å². The van der Waals surface area contributed by atoms with Crippen molar-refractivity contribution in [2.75, 3.05) is 13.2 Å². The Kier molecular flexibility index (Phi) is 6.59. The Balaban J connectivity index is 2.01. The van der Waals surface area contributed by atoms with E-state index in [1.54, 1.807) is 18.2 Å². The van der Waals surface area contributed by atoms with E-state index in [0.717, 1.165) is 5.56 Å². The van der Waals surface area contributed by atoms with Gasteiger partial charge in [0.05, 0.1) is 5.02 Å². The molecule has 2 aromatic rings. The highest BCUT2D eigenvalue weighted by Gasteiger charge is 2.18. The molecule has 0 saturated carbocycles. The van der Waals surface area contributed by atoms with Crippen LogP contribution in [0.5, 0.6) is 0 Å². The highest BCUT2D eigenvalue weighted by atomic mass is 35.5. The highest BCUT2D eigenvalue weighted by molar-refractivity contribution is 7.89. The molecule has 2 aromatic carbocycles. The van der Waals surface area contributed by atoms with Gasteiger partial charge in [0.1, 0.15) is 4.90 Å². The molecular weight excluding hydrogens is 334 g/mol. The molecule has 0 amide bonds. The summed E-state index contributed by atoms with van der Waals surface area (Å²) in [6.07, 6.45) is 1.20. The molecule has 0 heterocycles. The van der Waals surface area contributed by atoms with Crippen LogP contribution in [0.4, 0.5) is 0 Å². The Labute approximate surface area is 142 Å². The molecule has 1 unspecified atom stereocenters. The first kappa shape index (κ1) is 17.9. The Morgan fingerprint density at radius 2 is 1.65 bits per heavy atom. The van der Waals surface area contributed by atoms with E-state index in [-0.39, 0.29) is 29.0 Å². The molecule has 0 aliphatic carbocycles. The summed E-state index contributed by atoms with van der Waals surface area (Å²) in [6, 6.07) is 16.1. The summed E-state index contributed by atoms with van der Waals surface area (Å²) >= 11 is 5.94. The Bertz CT molecular complexity index is 720. The van der Waals surface area contributed by atoms with E-state index in [1.807, 2.05) is 30.3 Å². The molecule has 0 spiro atoms. The lowest BCUT2D eigenvalue weighted by molar-refractivity contribution is 0.273. The molecular formula is C17H20ClNO3S. The predicted molar refractivity (Wildman–Crippen MR) is 92.1 cm³/mol. The van der Waals surface area contributed by atoms with Gasteiger partial charge < -0.3 is 5.11 Å². The maximum atomic E-state index is 12.3. The minimum atomic E-state index is -3.63. The quantitative estimate of drug-likeness (QED) is 0.766. The molecule has 1 atom stereocenters. The lowest BCUT2D eigenvalue weighted by Gasteiger charge is -2.17. The average Bonchev–Trinajstić information content (AvgIpc) is 2.55. The van der Waals surface area contributed by atoms with Crippen LogP contribution in [-0.4, -0.2) is 26.7 Å². The van der Waals surface area contributed by atoms with E-state index in [9.17, 15) is 13.5 Å². The van der Waals surface area contributed by atoms with Gasteiger partial charge in [-0.05, 0) is 36.5 Å². The van der Waals surface area contributed by atoms with Crippen LogP contribution in [0.1, 0.15) is 24.3 Å². The van der Waals surface area contributed by atoms with Crippen molar-refractivity contribution in [3.8, 4) is 0 Å². The third kappa shape index (κ3) is 5.04. The second kappa shape index (κ2) is 8.45. The molecule has 0 fully saturated rings. The van der Waals surface area contributed by atoms with Gasteiger partial charge in [0.2, 0.25) is 10.0 Å². The number of benzene rings is 2. The maximum Gasteiger partial charge on any atom is 0.242 e. The molecule has 4 nitrogen and oxygen atoms in total. The van der Waals surface area contributed by atoms with Crippen molar-refractivity contribution in [2.45, 2.75) is 23.7 Å². The maximum absolute atomic E-state index is 12.3. The fourth-order valence-electron chi connectivity index (χ4n) is 2.47. The molecule has 0 aliphatic rings. The zero-order valence-electron chi connectivity index (χ0n) is 12.7. The van der Waals surface area contributed by atoms with Gasteiger partial charge in [0.25, 0.3) is 0 Å². The zero-order valence-corrected chi connectivity index (χ0v) is 14.2. The number of halogens is 1. The van der Waals surface area contributed by atoms with E-state index in [4.69, 9.17) is 11.6 Å². The van der Waals surface area contributed by atoms with Gasteiger partial charge in [-0.15, -0.1) is 0 Å². The van der Waals surface area contributed by atoms with Crippen molar-refractivity contribution in [3.05, 3.63) is 65.2 Å². The van der Waals surface area contributed by atoms with Gasteiger partial charge in [0.15, 0.2) is 0 Å². The SMILES string of the molecule is O=S(=O)(NCCC(CCO)c1ccccc1)c1ccccc1Cl. The molecule has 6 heteroatoms. The van der Waals surface area contributed by atoms with Crippen molar-refractivity contribution < 1.29 is 13.5 Å². The average molecular weight is 354 g/mol. The number of nitrogens with one attached hydrogen (secondary N) is 1. The van der Waals surface area contributed by atoms with Crippen LogP contribution in [-0.2, 0) is 10.0 Å². The largest absolute Gasteiger partial charge is 0.396 e. The van der Waals surface area contributed by atoms with E-state index < -0.39 is 10.0 Å². The molecule has 0 radical (unpaired) electrons. The summed E-state index contributed by atoms with van der Waals surface area (Å²) in [4.78, 5) is 0.0834. The van der Waals surface area contributed by atoms with Crippen molar-refractivity contribution in [2.24, 2.45) is 0 Å². The zero-order chi connectivity index (χ0) is 16.7. The normalized spacial score (nSPS) is 13.0. The number of sulfonamides is 1. The monoisotopic (exact) mass is 353 g/mol. The number of hydrogen-bond donors (Lipinski definition) is 2. The Hall–Kier alpha value is -1.40. The number of aliphatic hydroxyl groups is 1. The summed E-state index contributed by atoms with van der Waals surface area (Å²) in [5, 5.41) is 9.42. The van der Waals surface area contributed by atoms with Gasteiger partial charge in [-0.1, -0.05) is 54.1 Å². The predicted octanol–water partition coefficient (Wildman–Crippen LogP) is 3.17. The third-order valence-electron chi connectivity index (χ3n) is 3.66. The van der Waals surface area contributed by atoms with E-state index >= 15 is 0 Å². The van der Waals surface area contributed by atoms with Crippen LogP contribution in [0.2, 0.25) is 5.02 Å². The summed E-state index contributed by atoms with van der Waals surface area (Å²) in [5.74, 6) is 0.107. The van der Waals surface area contributed by atoms with Crippen LogP contribution in [0.3, 0.4) is 0 Å². The summed E-state index contributed by atoms with van der Waals surface area (Å²) < 4.78 is 27.1. The summed E-state index contributed by atoms with van der Waals surface area (Å²) in [6.45, 7) is 0.351. The van der Waals surface area contributed by atoms with Crippen LogP contribution in [0.25, 0.3) is 0 Å². The molecule has 2 N–H and O–H groups in total. The third-order valence-corrected chi connectivity index (χ3v) is 5.62. The van der Waals surface area contributed by atoms with Crippen LogP contribution in [0.15, 0.2) is 59.5 Å². The van der Waals surface area contributed by atoms with Crippen LogP contribution in [0, 0.1) is 0 Å². The topological polar surface area (TPSA) is 66.4 Å². The standard InChI is InChI=1S/C17H20ClNO3S/c18-16-8-4-5-9-17(16)23(21,22)19-12-10-15(11-13-20)14-6-2-1-3-7-14/h1-9,15,19-20H,10-13H2. The molecule has 0 aliphatic heterocycles. The van der Waals surface area contributed by atoms with Gasteiger partial charge in [-0.2, -0.15) is 0 Å². The first-order valence-corrected chi connectivity index (χ1v) is 9.30. The summed E-state index contributed by atoms with van der Waals surface area (Å²) in [5.41, 5.74) is 1.10. The van der Waals surface area contributed by atoms with Gasteiger partial charge >= 0.3 is 0 Å². The van der Waals surface area contributed by atoms with E-state index in [1.165, 1.54) is 6.07 Å². The number of rotatable bonds is 8. The molecule has 23 heavy (non-hydrogen) atoms. The second-order valence-corrected chi connectivity index (χ2v) is 7.38. The van der Waals surface area contributed by atoms with Crippen molar-refractivity contribution in [1.29, 1.82) is 0 Å². The van der Waals surface area contributed by atoms with Gasteiger partial charge in [-0.25, -0.2) is 13.1 Å². The molecule has 0 saturated heterocycles. The lowest BCUT2D eigenvalue weighted by Crippen LogP contribution is -2.26. The fourth-order valence-corrected chi connectivity index (χ4v) is 4.03. The first-order chi connectivity index (χ1) is 11.0. The minimum Gasteiger partial charge on any atom is -0.396 e. The molecule has 124 valence electrons. The van der Waals surface area contributed by atoms with E-state index in [2.05, 4.69) is 4.72 Å². The van der Waals surface area contributed by atoms with E-state index in [0.29, 0.717) is 12.8 Å². The molecule has 0 bridgehead atoms. The Morgan fingerprint density at radius 3 is 2.30 bits per heavy atom. The fraction of sp³-hybridized carbons (Fsp3) is 0.294. The summed E-state index contributed by atoms with van der Waals surface area (Å²) in [7, 11) is -3.63. The highest BCUT2D eigenvalue weighted by Crippen LogP contribution is 2.24. The lowest BCUT2D eigenvalue weighted by atomic mass is 9.93. The second-order valence-electron chi connectivity index (χ2n) is 5.24. The number of hydrogen-bond acceptors (Lipinski definition) is 3. The van der Waals surface area contributed by atoms with Crippen molar-refractivity contribution >= 4 is 21.6 Å². The van der Waals surface area contributed by atoms with Crippen LogP contribution >= 0.6 is 11.6 Å². The minimum absolute atomic E-state index is 0.0663. The first-order valence-electron chi connectivity index (χ1n) is 7.44. The van der Waals surface area contributed by atoms with Crippen molar-refractivity contribution in [1.82, 2.24) is 4.72 Å². The van der Waals surface area contributed by atoms with Gasteiger partial charge in [-0.3, -0.25) is 0 Å². The molecule has 2 rings (SSSR count). The number of aliphatic hydroxyl groups excluding tert-OH is 1. The smallest absolute Gasteiger partial charge is 0.242 e. The van der Waals surface area contributed by atoms with Crippen LogP contribution < -0.4 is 4.72 Å². The van der Waals surface area contributed by atoms with Gasteiger partial charge in [0, 0.05) is 13.2 Å².